The van der Waals surface area contributed by atoms with Gasteiger partial charge in [0.1, 0.15) is 0 Å². The summed E-state index contributed by atoms with van der Waals surface area (Å²) in [5, 5.41) is 8.94. The number of aliphatic hydroxyl groups excluding tert-OH is 1. The van der Waals surface area contributed by atoms with Crippen molar-refractivity contribution in [3.63, 3.8) is 0 Å². The number of hydrogen-bond donors (Lipinski definition) is 2. The van der Waals surface area contributed by atoms with Crippen molar-refractivity contribution in [3.8, 4) is 0 Å². The van der Waals surface area contributed by atoms with Gasteiger partial charge < -0.3 is 15.7 Å². The third-order valence-electron chi connectivity index (χ3n) is 3.10. The van der Waals surface area contributed by atoms with Crippen LogP contribution in [0.5, 0.6) is 0 Å². The maximum atomic E-state index is 8.94. The molecule has 1 unspecified atom stereocenters. The van der Waals surface area contributed by atoms with Gasteiger partial charge >= 0.3 is 0 Å². The van der Waals surface area contributed by atoms with E-state index in [9.17, 15) is 0 Å². The van der Waals surface area contributed by atoms with E-state index in [-0.39, 0.29) is 12.6 Å². The monoisotopic (exact) mass is 244 g/mol. The Labute approximate surface area is 107 Å². The van der Waals surface area contributed by atoms with Gasteiger partial charge in [0, 0.05) is 6.04 Å². The number of nitrogens with two attached hydrogens (primary N) is 1. The number of aliphatic hydroxyl groups is 1. The Hall–Kier alpha value is -0.120. The minimum absolute atomic E-state index is 0.0596. The quantitative estimate of drug-likeness (QED) is 0.619. The van der Waals surface area contributed by atoms with Crippen LogP contribution in [0.1, 0.15) is 47.0 Å². The lowest BCUT2D eigenvalue weighted by Crippen LogP contribution is -2.34. The van der Waals surface area contributed by atoms with Crippen molar-refractivity contribution < 1.29 is 5.11 Å². The maximum absolute atomic E-state index is 8.94. The molecular formula is C14H32N2O. The molecule has 0 heterocycles. The first-order valence-corrected chi connectivity index (χ1v) is 7.04. The molecule has 0 rings (SSSR count). The molecule has 3 N–H and O–H groups in total. The van der Waals surface area contributed by atoms with E-state index in [1.54, 1.807) is 0 Å². The van der Waals surface area contributed by atoms with Gasteiger partial charge in [-0.1, -0.05) is 27.7 Å². The summed E-state index contributed by atoms with van der Waals surface area (Å²) in [7, 11) is 0. The zero-order chi connectivity index (χ0) is 13.3. The summed E-state index contributed by atoms with van der Waals surface area (Å²) in [6.45, 7) is 12.5. The standard InChI is InChI=1S/C14H32N2O/c1-12(2)5-8-16(9-6-13(3)4)10-7-14(15)11-17/h12-14,17H,5-11,15H2,1-4H3. The SMILES string of the molecule is CC(C)CCN(CCC(C)C)CCC(N)CO. The highest BCUT2D eigenvalue weighted by atomic mass is 16.3. The highest BCUT2D eigenvalue weighted by Crippen LogP contribution is 2.07. The largest absolute Gasteiger partial charge is 0.395 e. The zero-order valence-electron chi connectivity index (χ0n) is 12.2. The van der Waals surface area contributed by atoms with Crippen LogP contribution in [0.4, 0.5) is 0 Å². The molecule has 0 aliphatic heterocycles. The molecule has 0 aromatic rings. The topological polar surface area (TPSA) is 49.5 Å². The smallest absolute Gasteiger partial charge is 0.0583 e. The van der Waals surface area contributed by atoms with Crippen LogP contribution < -0.4 is 5.73 Å². The molecule has 0 radical (unpaired) electrons. The van der Waals surface area contributed by atoms with Gasteiger partial charge in [-0.05, 0) is 50.7 Å². The molecule has 0 aliphatic rings. The van der Waals surface area contributed by atoms with E-state index in [0.29, 0.717) is 0 Å². The fraction of sp³-hybridized carbons (Fsp3) is 1.00. The fourth-order valence-electron chi connectivity index (χ4n) is 1.66. The van der Waals surface area contributed by atoms with Gasteiger partial charge in [-0.25, -0.2) is 0 Å². The van der Waals surface area contributed by atoms with E-state index < -0.39 is 0 Å². The van der Waals surface area contributed by atoms with Gasteiger partial charge in [0.15, 0.2) is 0 Å². The summed E-state index contributed by atoms with van der Waals surface area (Å²) in [5.41, 5.74) is 5.76. The van der Waals surface area contributed by atoms with Gasteiger partial charge in [0.05, 0.1) is 6.61 Å². The van der Waals surface area contributed by atoms with Crippen molar-refractivity contribution in [3.05, 3.63) is 0 Å². The van der Waals surface area contributed by atoms with Crippen LogP contribution in [-0.2, 0) is 0 Å². The van der Waals surface area contributed by atoms with E-state index in [1.165, 1.54) is 12.8 Å². The molecule has 1 atom stereocenters. The average molecular weight is 244 g/mol. The van der Waals surface area contributed by atoms with Crippen LogP contribution in [0.15, 0.2) is 0 Å². The fourth-order valence-corrected chi connectivity index (χ4v) is 1.66. The molecule has 0 aromatic heterocycles. The van der Waals surface area contributed by atoms with Crippen molar-refractivity contribution >= 4 is 0 Å². The van der Waals surface area contributed by atoms with Gasteiger partial charge in [-0.15, -0.1) is 0 Å². The summed E-state index contributed by atoms with van der Waals surface area (Å²) in [5.74, 6) is 1.51. The van der Waals surface area contributed by atoms with Gasteiger partial charge in [0.2, 0.25) is 0 Å². The van der Waals surface area contributed by atoms with Crippen LogP contribution in [0.25, 0.3) is 0 Å². The number of hydrogen-bond acceptors (Lipinski definition) is 3. The Morgan fingerprint density at radius 3 is 1.65 bits per heavy atom. The predicted molar refractivity (Wildman–Crippen MR) is 75.0 cm³/mol. The third-order valence-corrected chi connectivity index (χ3v) is 3.10. The van der Waals surface area contributed by atoms with Crippen LogP contribution in [-0.4, -0.2) is 42.3 Å². The Balaban J connectivity index is 3.92. The molecule has 0 fully saturated rings. The van der Waals surface area contributed by atoms with Gasteiger partial charge in [0.25, 0.3) is 0 Å². The molecule has 0 aliphatic carbocycles. The van der Waals surface area contributed by atoms with E-state index >= 15 is 0 Å². The summed E-state index contributed by atoms with van der Waals surface area (Å²) >= 11 is 0. The molecule has 0 aromatic carbocycles. The molecule has 0 saturated heterocycles. The second kappa shape index (κ2) is 9.86. The summed E-state index contributed by atoms with van der Waals surface area (Å²) in [6, 6.07) is -0.0596. The lowest BCUT2D eigenvalue weighted by Gasteiger charge is -2.25. The van der Waals surface area contributed by atoms with Crippen molar-refractivity contribution in [2.24, 2.45) is 17.6 Å². The van der Waals surface area contributed by atoms with Gasteiger partial charge in [-0.3, -0.25) is 0 Å². The van der Waals surface area contributed by atoms with Crippen molar-refractivity contribution in [1.29, 1.82) is 0 Å². The molecular weight excluding hydrogens is 212 g/mol. The molecule has 0 spiro atoms. The maximum Gasteiger partial charge on any atom is 0.0583 e. The Morgan fingerprint density at radius 1 is 0.882 bits per heavy atom. The number of nitrogens with zero attached hydrogens (tertiary/aromatic N) is 1. The van der Waals surface area contributed by atoms with Crippen molar-refractivity contribution in [2.75, 3.05) is 26.2 Å². The van der Waals surface area contributed by atoms with Crippen LogP contribution in [0, 0.1) is 11.8 Å². The second-order valence-corrected chi connectivity index (χ2v) is 5.94. The van der Waals surface area contributed by atoms with E-state index in [2.05, 4.69) is 32.6 Å². The van der Waals surface area contributed by atoms with Crippen LogP contribution in [0.3, 0.4) is 0 Å². The first kappa shape index (κ1) is 16.9. The first-order chi connectivity index (χ1) is 7.95. The van der Waals surface area contributed by atoms with Crippen LogP contribution in [0.2, 0.25) is 0 Å². The third kappa shape index (κ3) is 10.7. The van der Waals surface area contributed by atoms with Crippen molar-refractivity contribution in [2.45, 2.75) is 53.0 Å². The van der Waals surface area contributed by atoms with E-state index in [4.69, 9.17) is 10.8 Å². The highest BCUT2D eigenvalue weighted by molar-refractivity contribution is 4.66. The molecule has 17 heavy (non-hydrogen) atoms. The molecule has 0 saturated carbocycles. The van der Waals surface area contributed by atoms with Crippen LogP contribution >= 0.6 is 0 Å². The minimum Gasteiger partial charge on any atom is -0.395 e. The second-order valence-electron chi connectivity index (χ2n) is 5.94. The number of rotatable bonds is 10. The molecule has 104 valence electrons. The molecule has 0 bridgehead atoms. The summed E-state index contributed by atoms with van der Waals surface area (Å²) < 4.78 is 0. The molecule has 0 amide bonds. The van der Waals surface area contributed by atoms with Crippen molar-refractivity contribution in [1.82, 2.24) is 4.90 Å². The summed E-state index contributed by atoms with van der Waals surface area (Å²) in [6.07, 6.45) is 3.38. The van der Waals surface area contributed by atoms with Gasteiger partial charge in [-0.2, -0.15) is 0 Å². The lowest BCUT2D eigenvalue weighted by atomic mass is 10.1. The molecule has 3 heteroatoms. The molecule has 3 nitrogen and oxygen atoms in total. The van der Waals surface area contributed by atoms with E-state index in [1.807, 2.05) is 0 Å². The lowest BCUT2D eigenvalue weighted by molar-refractivity contribution is 0.210. The average Bonchev–Trinajstić information content (AvgIpc) is 2.26. The first-order valence-electron chi connectivity index (χ1n) is 7.04. The Kier molecular flexibility index (Phi) is 9.79. The summed E-state index contributed by atoms with van der Waals surface area (Å²) in [4.78, 5) is 2.50. The van der Waals surface area contributed by atoms with E-state index in [0.717, 1.165) is 37.9 Å². The zero-order valence-corrected chi connectivity index (χ0v) is 12.2. The minimum atomic E-state index is -0.0596. The highest BCUT2D eigenvalue weighted by Gasteiger charge is 2.09. The Morgan fingerprint density at radius 2 is 1.29 bits per heavy atom. The normalized spacial score (nSPS) is 13.9. The predicted octanol–water partition coefficient (Wildman–Crippen LogP) is 2.09. The Bertz CT molecular complexity index is 160.